The molecule has 400 valence electrons. The molecule has 0 saturated carbocycles. The van der Waals surface area contributed by atoms with Crippen molar-refractivity contribution in [2.45, 2.75) is 289 Å². The van der Waals surface area contributed by atoms with Gasteiger partial charge in [-0.2, -0.15) is 0 Å². The van der Waals surface area contributed by atoms with E-state index in [4.69, 9.17) is 23.7 Å². The quantitative estimate of drug-likeness (QED) is 0.0228. The summed E-state index contributed by atoms with van der Waals surface area (Å²) < 4.78 is 28.3. The molecule has 0 bridgehead atoms. The van der Waals surface area contributed by atoms with Crippen molar-refractivity contribution >= 4 is 23.9 Å². The minimum Gasteiger partial charge on any atom is -0.479 e. The molecule has 1 saturated heterocycles. The van der Waals surface area contributed by atoms with Crippen LogP contribution in [0.3, 0.4) is 0 Å². The summed E-state index contributed by atoms with van der Waals surface area (Å²) in [7, 11) is 0. The van der Waals surface area contributed by atoms with Gasteiger partial charge in [0.1, 0.15) is 18.8 Å². The van der Waals surface area contributed by atoms with Crippen LogP contribution in [0.2, 0.25) is 0 Å². The summed E-state index contributed by atoms with van der Waals surface area (Å²) in [5.41, 5.74) is 0. The molecule has 0 amide bonds. The van der Waals surface area contributed by atoms with Crippen LogP contribution in [0.1, 0.15) is 252 Å². The van der Waals surface area contributed by atoms with Crippen LogP contribution in [-0.4, -0.2) is 89.2 Å². The van der Waals surface area contributed by atoms with E-state index in [-0.39, 0.29) is 25.9 Å². The van der Waals surface area contributed by atoms with Crippen molar-refractivity contribution in [3.8, 4) is 0 Å². The molecule has 1 heterocycles. The van der Waals surface area contributed by atoms with Crippen LogP contribution in [-0.2, 0) is 42.9 Å². The van der Waals surface area contributed by atoms with Crippen LogP contribution in [0.5, 0.6) is 0 Å². The Morgan fingerprint density at radius 3 is 1.39 bits per heavy atom. The number of carboxylic acid groups (broad SMARTS) is 1. The molecule has 1 aliphatic heterocycles. The monoisotopic (exact) mass is 977 g/mol. The van der Waals surface area contributed by atoms with Gasteiger partial charge in [0.2, 0.25) is 0 Å². The number of carbonyl (C=O) groups is 4. The molecule has 1 aliphatic rings. The van der Waals surface area contributed by atoms with Crippen molar-refractivity contribution < 1.29 is 58.2 Å². The lowest BCUT2D eigenvalue weighted by molar-refractivity contribution is -0.301. The molecule has 6 atom stereocenters. The first-order valence-corrected chi connectivity index (χ1v) is 28.0. The fraction of sp³-hybridized carbons (Fsp3) is 0.825. The number of carbonyl (C=O) groups excluding carboxylic acids is 3. The molecule has 0 aromatic carbocycles. The molecule has 1 fully saturated rings. The fourth-order valence-corrected chi connectivity index (χ4v) is 8.44. The average Bonchev–Trinajstić information content (AvgIpc) is 3.33. The van der Waals surface area contributed by atoms with Crippen molar-refractivity contribution in [1.82, 2.24) is 0 Å². The van der Waals surface area contributed by atoms with E-state index >= 15 is 0 Å². The van der Waals surface area contributed by atoms with Gasteiger partial charge < -0.3 is 39.0 Å². The Kier molecular flexibility index (Phi) is 42.7. The second-order valence-corrected chi connectivity index (χ2v) is 19.2. The molecule has 69 heavy (non-hydrogen) atoms. The molecular weight excluding hydrogens is 877 g/mol. The topological polar surface area (TPSA) is 175 Å². The van der Waals surface area contributed by atoms with Gasteiger partial charge in [0.15, 0.2) is 24.6 Å². The standard InChI is InChI=1S/C57H100O12/c1-4-7-10-13-16-19-21-23-24-25-26-28-29-32-34-37-40-43-49(58)65-46-48(67-50(59)44-41-38-35-31-18-15-12-9-6-3)47-66-57-55(53(62)52(61)54(69-57)56(63)64)68-51(60)45-42-39-36-33-30-27-22-20-17-14-11-8-5-2/h8,11,17,20,27,30,48,52-55,57,61-62H,4-7,9-10,12-16,18-19,21-26,28-29,31-47H2,1-3H3,(H,63,64)/b11-8-,20-17-,30-27-. The third-order valence-corrected chi connectivity index (χ3v) is 12.7. The number of allylic oxidation sites excluding steroid dienone is 6. The molecule has 0 radical (unpaired) electrons. The highest BCUT2D eigenvalue weighted by molar-refractivity contribution is 5.74. The molecule has 12 nitrogen and oxygen atoms in total. The van der Waals surface area contributed by atoms with Crippen LogP contribution in [0.25, 0.3) is 0 Å². The number of aliphatic hydroxyl groups is 2. The second-order valence-electron chi connectivity index (χ2n) is 19.2. The van der Waals surface area contributed by atoms with Crippen LogP contribution >= 0.6 is 0 Å². The highest BCUT2D eigenvalue weighted by Gasteiger charge is 2.50. The number of esters is 3. The number of aliphatic hydroxyl groups excluding tert-OH is 2. The van der Waals surface area contributed by atoms with Gasteiger partial charge in [-0.15, -0.1) is 0 Å². The van der Waals surface area contributed by atoms with E-state index in [0.717, 1.165) is 77.0 Å². The molecule has 0 aliphatic carbocycles. The van der Waals surface area contributed by atoms with E-state index in [9.17, 15) is 34.5 Å². The molecule has 0 spiro atoms. The average molecular weight is 977 g/mol. The lowest BCUT2D eigenvalue weighted by atomic mass is 9.98. The van der Waals surface area contributed by atoms with Gasteiger partial charge in [0.05, 0.1) is 6.61 Å². The van der Waals surface area contributed by atoms with E-state index in [2.05, 4.69) is 57.2 Å². The smallest absolute Gasteiger partial charge is 0.335 e. The Balaban J connectivity index is 2.67. The Hall–Kier alpha value is -3.06. The zero-order chi connectivity index (χ0) is 50.4. The normalized spacial score (nSPS) is 18.9. The number of unbranched alkanes of at least 4 members (excludes halogenated alkanes) is 27. The summed E-state index contributed by atoms with van der Waals surface area (Å²) in [5, 5.41) is 31.3. The summed E-state index contributed by atoms with van der Waals surface area (Å²) in [6.45, 7) is 5.84. The third-order valence-electron chi connectivity index (χ3n) is 12.7. The van der Waals surface area contributed by atoms with E-state index in [1.807, 2.05) is 0 Å². The predicted molar refractivity (Wildman–Crippen MR) is 276 cm³/mol. The maximum Gasteiger partial charge on any atom is 0.335 e. The summed E-state index contributed by atoms with van der Waals surface area (Å²) >= 11 is 0. The van der Waals surface area contributed by atoms with E-state index in [1.165, 1.54) is 116 Å². The number of aliphatic carboxylic acids is 1. The molecule has 3 N–H and O–H groups in total. The minimum atomic E-state index is -1.91. The van der Waals surface area contributed by atoms with Crippen molar-refractivity contribution in [2.24, 2.45) is 0 Å². The van der Waals surface area contributed by atoms with Crippen LogP contribution in [0.4, 0.5) is 0 Å². The Bertz CT molecular complexity index is 1350. The first-order chi connectivity index (χ1) is 33.6. The number of ether oxygens (including phenoxy) is 5. The second kappa shape index (κ2) is 46.0. The summed E-state index contributed by atoms with van der Waals surface area (Å²) in [4.78, 5) is 50.8. The molecule has 1 rings (SSSR count). The van der Waals surface area contributed by atoms with Crippen molar-refractivity contribution in [1.29, 1.82) is 0 Å². The number of hydrogen-bond acceptors (Lipinski definition) is 11. The Morgan fingerprint density at radius 2 is 0.913 bits per heavy atom. The molecule has 6 unspecified atom stereocenters. The van der Waals surface area contributed by atoms with E-state index in [1.54, 1.807) is 0 Å². The summed E-state index contributed by atoms with van der Waals surface area (Å²) in [5.74, 6) is -3.14. The Labute approximate surface area is 419 Å². The third kappa shape index (κ3) is 36.5. The fourth-order valence-electron chi connectivity index (χ4n) is 8.44. The van der Waals surface area contributed by atoms with Gasteiger partial charge in [0.25, 0.3) is 0 Å². The van der Waals surface area contributed by atoms with E-state index in [0.29, 0.717) is 19.3 Å². The predicted octanol–water partition coefficient (Wildman–Crippen LogP) is 13.7. The lowest BCUT2D eigenvalue weighted by Crippen LogP contribution is -2.61. The zero-order valence-corrected chi connectivity index (χ0v) is 43.8. The SMILES string of the molecule is CC/C=C\C/C=C\C/C=C\CCCCCC(=O)OC1C(OCC(COC(=O)CCCCCCCCCCCCCCCCCCC)OC(=O)CCCCCCCCCCC)OC(C(=O)O)C(O)C1O. The van der Waals surface area contributed by atoms with Gasteiger partial charge in [-0.3, -0.25) is 14.4 Å². The lowest BCUT2D eigenvalue weighted by Gasteiger charge is -2.40. The number of rotatable bonds is 47. The highest BCUT2D eigenvalue weighted by atomic mass is 16.7. The first-order valence-electron chi connectivity index (χ1n) is 28.0. The first kappa shape index (κ1) is 64.0. The Morgan fingerprint density at radius 1 is 0.493 bits per heavy atom. The van der Waals surface area contributed by atoms with Gasteiger partial charge >= 0.3 is 23.9 Å². The van der Waals surface area contributed by atoms with Gasteiger partial charge in [-0.25, -0.2) is 4.79 Å². The highest BCUT2D eigenvalue weighted by Crippen LogP contribution is 2.26. The van der Waals surface area contributed by atoms with Crippen molar-refractivity contribution in [2.75, 3.05) is 13.2 Å². The number of carboxylic acids is 1. The van der Waals surface area contributed by atoms with Crippen LogP contribution < -0.4 is 0 Å². The molecule has 0 aromatic rings. The van der Waals surface area contributed by atoms with Crippen LogP contribution in [0, 0.1) is 0 Å². The van der Waals surface area contributed by atoms with Crippen molar-refractivity contribution in [3.63, 3.8) is 0 Å². The minimum absolute atomic E-state index is 0.0284. The van der Waals surface area contributed by atoms with E-state index < -0.39 is 67.3 Å². The van der Waals surface area contributed by atoms with Crippen molar-refractivity contribution in [3.05, 3.63) is 36.5 Å². The zero-order valence-electron chi connectivity index (χ0n) is 43.8. The maximum atomic E-state index is 13.0. The number of hydrogen-bond donors (Lipinski definition) is 3. The van der Waals surface area contributed by atoms with Gasteiger partial charge in [-0.05, 0) is 51.4 Å². The summed E-state index contributed by atoms with van der Waals surface area (Å²) in [6, 6.07) is 0. The molecule has 0 aromatic heterocycles. The van der Waals surface area contributed by atoms with Crippen LogP contribution in [0.15, 0.2) is 36.5 Å². The maximum absolute atomic E-state index is 13.0. The molecule has 12 heteroatoms. The largest absolute Gasteiger partial charge is 0.479 e. The molecular formula is C57H100O12. The van der Waals surface area contributed by atoms with Gasteiger partial charge in [0, 0.05) is 19.3 Å². The summed E-state index contributed by atoms with van der Waals surface area (Å²) in [6.07, 6.45) is 40.0. The van der Waals surface area contributed by atoms with Gasteiger partial charge in [-0.1, -0.05) is 218 Å².